The maximum absolute atomic E-state index is 13.1. The Morgan fingerprint density at radius 3 is 2.55 bits per heavy atom. The number of rotatable bonds is 5. The summed E-state index contributed by atoms with van der Waals surface area (Å²) in [6.07, 6.45) is 0.591. The quantitative estimate of drug-likeness (QED) is 0.409. The molecule has 0 spiro atoms. The molecule has 4 heterocycles. The molecule has 0 aliphatic carbocycles. The molecule has 10 heteroatoms. The van der Waals surface area contributed by atoms with Gasteiger partial charge in [-0.25, -0.2) is 14.5 Å². The molecule has 8 nitrogen and oxygen atoms in total. The van der Waals surface area contributed by atoms with Crippen molar-refractivity contribution in [2.75, 3.05) is 6.61 Å². The topological polar surface area (TPSA) is 93.9 Å². The highest BCUT2D eigenvalue weighted by Gasteiger charge is 2.34. The van der Waals surface area contributed by atoms with Crippen LogP contribution in [0.3, 0.4) is 0 Å². The van der Waals surface area contributed by atoms with Crippen LogP contribution in [-0.2, 0) is 16.6 Å². The summed E-state index contributed by atoms with van der Waals surface area (Å²) >= 11 is 3.12. The standard InChI is InChI=1S/C23H18N4O4S2/c1-26-22(29)15-7-3-2-6-14(15)21(25-26)23(30)31-13-20(28)27-17(19-9-5-11-33-19)12-16(24-27)18-8-4-10-32-18/h2-11,17H,12-13H2,1H3. The van der Waals surface area contributed by atoms with E-state index in [0.29, 0.717) is 17.2 Å². The Morgan fingerprint density at radius 2 is 1.82 bits per heavy atom. The maximum atomic E-state index is 13.1. The van der Waals surface area contributed by atoms with Gasteiger partial charge < -0.3 is 4.74 Å². The van der Waals surface area contributed by atoms with E-state index in [1.807, 2.05) is 35.0 Å². The van der Waals surface area contributed by atoms with E-state index in [0.717, 1.165) is 20.1 Å². The fourth-order valence-electron chi connectivity index (χ4n) is 3.75. The second-order valence-corrected chi connectivity index (χ2v) is 9.32. The Kier molecular flexibility index (Phi) is 5.61. The summed E-state index contributed by atoms with van der Waals surface area (Å²) in [7, 11) is 1.47. The third-order valence-electron chi connectivity index (χ3n) is 5.32. The van der Waals surface area contributed by atoms with Crippen molar-refractivity contribution < 1.29 is 14.3 Å². The molecule has 1 unspecified atom stereocenters. The van der Waals surface area contributed by atoms with Crippen LogP contribution in [0.25, 0.3) is 10.8 Å². The lowest BCUT2D eigenvalue weighted by molar-refractivity contribution is -0.136. The minimum absolute atomic E-state index is 0.0143. The van der Waals surface area contributed by atoms with Gasteiger partial charge in [0.1, 0.15) is 0 Å². The largest absolute Gasteiger partial charge is 0.451 e. The third-order valence-corrected chi connectivity index (χ3v) is 7.21. The minimum Gasteiger partial charge on any atom is -0.451 e. The summed E-state index contributed by atoms with van der Waals surface area (Å²) in [6.45, 7) is -0.485. The van der Waals surface area contributed by atoms with Crippen molar-refractivity contribution in [3.05, 3.63) is 85.1 Å². The normalized spacial score (nSPS) is 15.6. The molecule has 0 radical (unpaired) electrons. The molecule has 1 aromatic carbocycles. The van der Waals surface area contributed by atoms with Crippen LogP contribution in [0.1, 0.15) is 32.7 Å². The average molecular weight is 479 g/mol. The molecule has 1 atom stereocenters. The number of hydrazone groups is 1. The van der Waals surface area contributed by atoms with Crippen molar-refractivity contribution in [3.63, 3.8) is 0 Å². The van der Waals surface area contributed by atoms with Gasteiger partial charge in [-0.2, -0.15) is 10.2 Å². The SMILES string of the molecule is Cn1nc(C(=O)OCC(=O)N2N=C(c3cccs3)CC2c2cccs2)c2ccccc2c1=O. The van der Waals surface area contributed by atoms with Gasteiger partial charge in [-0.15, -0.1) is 22.7 Å². The second kappa shape index (κ2) is 8.72. The highest BCUT2D eigenvalue weighted by atomic mass is 32.1. The summed E-state index contributed by atoms with van der Waals surface area (Å²) in [5.41, 5.74) is 0.498. The Morgan fingerprint density at radius 1 is 1.06 bits per heavy atom. The first-order valence-corrected chi connectivity index (χ1v) is 11.9. The highest BCUT2D eigenvalue weighted by Crippen LogP contribution is 2.35. The van der Waals surface area contributed by atoms with E-state index in [1.165, 1.54) is 12.1 Å². The van der Waals surface area contributed by atoms with E-state index >= 15 is 0 Å². The number of ether oxygens (including phenoxy) is 1. The smallest absolute Gasteiger partial charge is 0.359 e. The zero-order valence-electron chi connectivity index (χ0n) is 17.5. The summed E-state index contributed by atoms with van der Waals surface area (Å²) in [5, 5.41) is 14.7. The number of amides is 1. The first kappa shape index (κ1) is 21.2. The molecule has 0 saturated heterocycles. The van der Waals surface area contributed by atoms with Crippen LogP contribution < -0.4 is 5.56 Å². The number of thiophene rings is 2. The zero-order chi connectivity index (χ0) is 22.9. The van der Waals surface area contributed by atoms with Gasteiger partial charge >= 0.3 is 5.97 Å². The molecule has 5 rings (SSSR count). The molecule has 1 aliphatic heterocycles. The number of fused-ring (bicyclic) bond motifs is 1. The predicted molar refractivity (Wildman–Crippen MR) is 127 cm³/mol. The van der Waals surface area contributed by atoms with Crippen molar-refractivity contribution in [2.45, 2.75) is 12.5 Å². The van der Waals surface area contributed by atoms with Crippen LogP contribution in [0.2, 0.25) is 0 Å². The summed E-state index contributed by atoms with van der Waals surface area (Å²) in [5.74, 6) is -1.20. The Bertz CT molecular complexity index is 1420. The predicted octanol–water partition coefficient (Wildman–Crippen LogP) is 3.59. The number of hydrogen-bond acceptors (Lipinski definition) is 8. The number of nitrogens with zero attached hydrogens (tertiary/aromatic N) is 4. The Balaban J connectivity index is 1.38. The number of aryl methyl sites for hydroxylation is 1. The number of carbonyl (C=O) groups excluding carboxylic acids is 2. The van der Waals surface area contributed by atoms with Crippen LogP contribution in [0.5, 0.6) is 0 Å². The Hall–Kier alpha value is -3.63. The van der Waals surface area contributed by atoms with Gasteiger partial charge in [0, 0.05) is 23.7 Å². The first-order chi connectivity index (χ1) is 16.0. The van der Waals surface area contributed by atoms with Gasteiger partial charge in [0.15, 0.2) is 12.3 Å². The summed E-state index contributed by atoms with van der Waals surface area (Å²) < 4.78 is 6.41. The molecule has 0 fully saturated rings. The zero-order valence-corrected chi connectivity index (χ0v) is 19.1. The van der Waals surface area contributed by atoms with Crippen molar-refractivity contribution >= 4 is 51.0 Å². The van der Waals surface area contributed by atoms with Crippen LogP contribution >= 0.6 is 22.7 Å². The van der Waals surface area contributed by atoms with Gasteiger partial charge in [0.05, 0.1) is 22.0 Å². The lowest BCUT2D eigenvalue weighted by Gasteiger charge is -2.20. The van der Waals surface area contributed by atoms with E-state index in [4.69, 9.17) is 4.74 Å². The molecule has 0 N–H and O–H groups in total. The van der Waals surface area contributed by atoms with Crippen molar-refractivity contribution in [2.24, 2.45) is 12.1 Å². The van der Waals surface area contributed by atoms with E-state index in [-0.39, 0.29) is 17.3 Å². The van der Waals surface area contributed by atoms with E-state index in [1.54, 1.807) is 46.9 Å². The minimum atomic E-state index is -0.774. The van der Waals surface area contributed by atoms with E-state index < -0.39 is 18.5 Å². The fraction of sp³-hybridized carbons (Fsp3) is 0.174. The molecular weight excluding hydrogens is 460 g/mol. The van der Waals surface area contributed by atoms with Gasteiger partial charge in [-0.3, -0.25) is 9.59 Å². The lowest BCUT2D eigenvalue weighted by atomic mass is 10.1. The van der Waals surface area contributed by atoms with Crippen LogP contribution in [-0.4, -0.2) is 39.0 Å². The molecule has 166 valence electrons. The average Bonchev–Trinajstić information content (AvgIpc) is 3.60. The number of aromatic nitrogens is 2. The van der Waals surface area contributed by atoms with Crippen LogP contribution in [0.15, 0.2) is 69.2 Å². The van der Waals surface area contributed by atoms with E-state index in [2.05, 4.69) is 10.2 Å². The van der Waals surface area contributed by atoms with Gasteiger partial charge in [-0.05, 0) is 29.0 Å². The maximum Gasteiger partial charge on any atom is 0.359 e. The summed E-state index contributed by atoms with van der Waals surface area (Å²) in [6, 6.07) is 14.2. The number of benzene rings is 1. The fourth-order valence-corrected chi connectivity index (χ4v) is 5.28. The number of carbonyl (C=O) groups is 2. The van der Waals surface area contributed by atoms with Crippen molar-refractivity contribution in [1.82, 2.24) is 14.8 Å². The highest BCUT2D eigenvalue weighted by molar-refractivity contribution is 7.12. The molecule has 4 aromatic rings. The Labute approximate surface area is 196 Å². The summed E-state index contributed by atoms with van der Waals surface area (Å²) in [4.78, 5) is 40.2. The van der Waals surface area contributed by atoms with Crippen molar-refractivity contribution in [1.29, 1.82) is 0 Å². The third kappa shape index (κ3) is 3.98. The van der Waals surface area contributed by atoms with Crippen LogP contribution in [0.4, 0.5) is 0 Å². The monoisotopic (exact) mass is 478 g/mol. The molecule has 1 aliphatic rings. The molecule has 0 bridgehead atoms. The number of hydrogen-bond donors (Lipinski definition) is 0. The molecule has 3 aromatic heterocycles. The molecule has 1 amide bonds. The molecular formula is C23H18N4O4S2. The first-order valence-electron chi connectivity index (χ1n) is 10.1. The lowest BCUT2D eigenvalue weighted by Crippen LogP contribution is -2.31. The van der Waals surface area contributed by atoms with E-state index in [9.17, 15) is 14.4 Å². The van der Waals surface area contributed by atoms with Gasteiger partial charge in [0.2, 0.25) is 0 Å². The van der Waals surface area contributed by atoms with Gasteiger partial charge in [0.25, 0.3) is 11.5 Å². The van der Waals surface area contributed by atoms with Crippen molar-refractivity contribution in [3.8, 4) is 0 Å². The second-order valence-electron chi connectivity index (χ2n) is 7.40. The molecule has 0 saturated carbocycles. The number of esters is 1. The van der Waals surface area contributed by atoms with Gasteiger partial charge in [-0.1, -0.05) is 30.3 Å². The van der Waals surface area contributed by atoms with Crippen LogP contribution in [0, 0.1) is 0 Å². The molecule has 33 heavy (non-hydrogen) atoms.